The van der Waals surface area contributed by atoms with Gasteiger partial charge >= 0.3 is 0 Å². The maximum atomic E-state index is 13.5. The lowest BCUT2D eigenvalue weighted by Gasteiger charge is -2.26. The fourth-order valence-electron chi connectivity index (χ4n) is 3.80. The predicted octanol–water partition coefficient (Wildman–Crippen LogP) is 5.88. The molecule has 0 atom stereocenters. The lowest BCUT2D eigenvalue weighted by molar-refractivity contribution is -0.119. The minimum atomic E-state index is -4.00. The summed E-state index contributed by atoms with van der Waals surface area (Å²) in [6.45, 7) is 3.62. The summed E-state index contributed by atoms with van der Waals surface area (Å²) in [5.74, 6) is 0.0812. The Morgan fingerprint density at radius 1 is 0.923 bits per heavy atom. The number of hydrogen-bond donors (Lipinski definition) is 1. The Hall–Kier alpha value is -4.14. The number of ether oxygens (including phenoxy) is 1. The summed E-state index contributed by atoms with van der Waals surface area (Å²) in [4.78, 5) is 12.9. The molecule has 0 aromatic heterocycles. The van der Waals surface area contributed by atoms with Crippen LogP contribution in [0.4, 0.5) is 5.69 Å². The monoisotopic (exact) mass is 561 g/mol. The summed E-state index contributed by atoms with van der Waals surface area (Å²) in [6.07, 6.45) is 1.48. The molecule has 1 amide bonds. The first-order valence-corrected chi connectivity index (χ1v) is 14.0. The molecule has 9 heteroatoms. The third-order valence-electron chi connectivity index (χ3n) is 6.10. The van der Waals surface area contributed by atoms with E-state index < -0.39 is 22.5 Å². The van der Waals surface area contributed by atoms with Crippen molar-refractivity contribution in [2.75, 3.05) is 10.8 Å². The van der Waals surface area contributed by atoms with Gasteiger partial charge in [0.15, 0.2) is 0 Å². The SMILES string of the molecule is Cc1cccc(N(CC(=O)N/N=C\c2ccc(OCc3ccccc3Cl)cc2)S(=O)(=O)c2ccccc2)c1C. The molecule has 0 heterocycles. The fourth-order valence-corrected chi connectivity index (χ4v) is 5.49. The van der Waals surface area contributed by atoms with Crippen LogP contribution in [-0.2, 0) is 21.4 Å². The zero-order chi connectivity index (χ0) is 27.8. The van der Waals surface area contributed by atoms with E-state index >= 15 is 0 Å². The number of hydrogen-bond acceptors (Lipinski definition) is 5. The van der Waals surface area contributed by atoms with Crippen molar-refractivity contribution >= 4 is 39.4 Å². The average molecular weight is 562 g/mol. The topological polar surface area (TPSA) is 88.1 Å². The number of hydrazone groups is 1. The molecular formula is C30H28ClN3O4S. The van der Waals surface area contributed by atoms with Gasteiger partial charge in [-0.15, -0.1) is 0 Å². The van der Waals surface area contributed by atoms with E-state index in [0.717, 1.165) is 26.6 Å². The molecule has 0 radical (unpaired) electrons. The predicted molar refractivity (Wildman–Crippen MR) is 155 cm³/mol. The summed E-state index contributed by atoms with van der Waals surface area (Å²) in [7, 11) is -4.00. The number of sulfonamides is 1. The Balaban J connectivity index is 1.43. The number of nitrogens with zero attached hydrogens (tertiary/aromatic N) is 2. The molecule has 4 aromatic rings. The molecule has 0 aliphatic carbocycles. The second-order valence-electron chi connectivity index (χ2n) is 8.79. The largest absolute Gasteiger partial charge is 0.489 e. The zero-order valence-electron chi connectivity index (χ0n) is 21.5. The second-order valence-corrected chi connectivity index (χ2v) is 11.1. The molecule has 1 N–H and O–H groups in total. The van der Waals surface area contributed by atoms with Crippen molar-refractivity contribution in [2.45, 2.75) is 25.3 Å². The van der Waals surface area contributed by atoms with Gasteiger partial charge in [0.25, 0.3) is 15.9 Å². The van der Waals surface area contributed by atoms with Crippen molar-refractivity contribution in [1.82, 2.24) is 5.43 Å². The van der Waals surface area contributed by atoms with E-state index in [-0.39, 0.29) is 4.90 Å². The van der Waals surface area contributed by atoms with Gasteiger partial charge in [-0.2, -0.15) is 5.10 Å². The summed E-state index contributed by atoms with van der Waals surface area (Å²) < 4.78 is 33.9. The number of rotatable bonds is 10. The van der Waals surface area contributed by atoms with Gasteiger partial charge in [-0.25, -0.2) is 13.8 Å². The highest BCUT2D eigenvalue weighted by Gasteiger charge is 2.28. The van der Waals surface area contributed by atoms with Crippen LogP contribution in [0, 0.1) is 13.8 Å². The Kier molecular flexibility index (Phi) is 9.01. The van der Waals surface area contributed by atoms with E-state index in [1.165, 1.54) is 18.3 Å². The highest BCUT2D eigenvalue weighted by atomic mass is 35.5. The maximum Gasteiger partial charge on any atom is 0.264 e. The highest BCUT2D eigenvalue weighted by molar-refractivity contribution is 7.92. The summed E-state index contributed by atoms with van der Waals surface area (Å²) in [5.41, 5.74) is 6.17. The highest BCUT2D eigenvalue weighted by Crippen LogP contribution is 2.28. The Morgan fingerprint density at radius 2 is 1.62 bits per heavy atom. The van der Waals surface area contributed by atoms with Crippen molar-refractivity contribution in [3.63, 3.8) is 0 Å². The van der Waals surface area contributed by atoms with Crippen molar-refractivity contribution in [1.29, 1.82) is 0 Å². The fraction of sp³-hybridized carbons (Fsp3) is 0.133. The van der Waals surface area contributed by atoms with Gasteiger partial charge in [-0.05, 0) is 79.1 Å². The standard InChI is InChI=1S/C30H28ClN3O4S/c1-22-9-8-14-29(23(22)2)34(39(36,37)27-11-4-3-5-12-27)20-30(35)33-32-19-24-15-17-26(18-16-24)38-21-25-10-6-7-13-28(25)31/h3-19H,20-21H2,1-2H3,(H,33,35)/b32-19-. The quantitative estimate of drug-likeness (QED) is 0.193. The molecule has 0 aliphatic heterocycles. The minimum Gasteiger partial charge on any atom is -0.489 e. The van der Waals surface area contributed by atoms with Crippen LogP contribution in [0.25, 0.3) is 0 Å². The first-order chi connectivity index (χ1) is 18.8. The first kappa shape index (κ1) is 27.9. The molecule has 0 aliphatic rings. The van der Waals surface area contributed by atoms with Crippen LogP contribution in [0.15, 0.2) is 107 Å². The molecule has 39 heavy (non-hydrogen) atoms. The van der Waals surface area contributed by atoms with Crippen LogP contribution in [0.1, 0.15) is 22.3 Å². The molecule has 0 bridgehead atoms. The van der Waals surface area contributed by atoms with Crippen molar-refractivity contribution in [3.8, 4) is 5.75 Å². The zero-order valence-corrected chi connectivity index (χ0v) is 23.1. The minimum absolute atomic E-state index is 0.0963. The lowest BCUT2D eigenvalue weighted by atomic mass is 10.1. The molecular weight excluding hydrogens is 534 g/mol. The number of carbonyl (C=O) groups excluding carboxylic acids is 1. The van der Waals surface area contributed by atoms with Gasteiger partial charge in [-0.3, -0.25) is 9.10 Å². The summed E-state index contributed by atoms with van der Waals surface area (Å²) in [5, 5.41) is 4.66. The first-order valence-electron chi connectivity index (χ1n) is 12.2. The van der Waals surface area contributed by atoms with Gasteiger partial charge < -0.3 is 4.74 Å². The van der Waals surface area contributed by atoms with E-state index in [9.17, 15) is 13.2 Å². The summed E-state index contributed by atoms with van der Waals surface area (Å²) in [6, 6.07) is 28.0. The van der Waals surface area contributed by atoms with Gasteiger partial charge in [0.2, 0.25) is 0 Å². The van der Waals surface area contributed by atoms with E-state index in [1.807, 2.05) is 44.2 Å². The number of anilines is 1. The van der Waals surface area contributed by atoms with Crippen molar-refractivity contribution in [2.24, 2.45) is 5.10 Å². The molecule has 4 aromatic carbocycles. The van der Waals surface area contributed by atoms with E-state index in [0.29, 0.717) is 23.1 Å². The molecule has 0 saturated heterocycles. The van der Waals surface area contributed by atoms with Gasteiger partial charge in [0, 0.05) is 10.6 Å². The van der Waals surface area contributed by atoms with Crippen molar-refractivity contribution in [3.05, 3.63) is 124 Å². The molecule has 0 fully saturated rings. The number of aryl methyl sites for hydroxylation is 1. The molecule has 0 saturated carbocycles. The van der Waals surface area contributed by atoms with Crippen LogP contribution >= 0.6 is 11.6 Å². The second kappa shape index (κ2) is 12.6. The number of nitrogens with one attached hydrogen (secondary N) is 1. The van der Waals surface area contributed by atoms with Crippen LogP contribution in [0.3, 0.4) is 0 Å². The van der Waals surface area contributed by atoms with Gasteiger partial charge in [0.05, 0.1) is 16.8 Å². The molecule has 0 spiro atoms. The van der Waals surface area contributed by atoms with Gasteiger partial charge in [-0.1, -0.05) is 60.1 Å². The Labute approximate surface area is 233 Å². The molecule has 0 unspecified atom stereocenters. The van der Waals surface area contributed by atoms with Crippen LogP contribution in [0.2, 0.25) is 5.02 Å². The maximum absolute atomic E-state index is 13.5. The van der Waals surface area contributed by atoms with E-state index in [2.05, 4.69) is 10.5 Å². The summed E-state index contributed by atoms with van der Waals surface area (Å²) >= 11 is 6.17. The Morgan fingerprint density at radius 3 is 2.33 bits per heavy atom. The molecule has 4 rings (SSSR count). The number of amides is 1. The number of carbonyl (C=O) groups is 1. The molecule has 7 nitrogen and oxygen atoms in total. The third kappa shape index (κ3) is 7.04. The van der Waals surface area contributed by atoms with Crippen LogP contribution < -0.4 is 14.5 Å². The Bertz CT molecular complexity index is 1570. The van der Waals surface area contributed by atoms with E-state index in [4.69, 9.17) is 16.3 Å². The van der Waals surface area contributed by atoms with Gasteiger partial charge in [0.1, 0.15) is 18.9 Å². The average Bonchev–Trinajstić information content (AvgIpc) is 2.94. The van der Waals surface area contributed by atoms with Crippen LogP contribution in [0.5, 0.6) is 5.75 Å². The molecule has 200 valence electrons. The normalized spacial score (nSPS) is 11.4. The lowest BCUT2D eigenvalue weighted by Crippen LogP contribution is -2.40. The third-order valence-corrected chi connectivity index (χ3v) is 8.24. The smallest absolute Gasteiger partial charge is 0.264 e. The number of halogens is 1. The van der Waals surface area contributed by atoms with Crippen LogP contribution in [-0.4, -0.2) is 27.1 Å². The number of benzene rings is 4. The van der Waals surface area contributed by atoms with E-state index in [1.54, 1.807) is 54.6 Å². The van der Waals surface area contributed by atoms with Crippen molar-refractivity contribution < 1.29 is 17.9 Å².